The molecule has 0 unspecified atom stereocenters. The van der Waals surface area contributed by atoms with Crippen molar-refractivity contribution in [2.24, 2.45) is 0 Å². The van der Waals surface area contributed by atoms with Gasteiger partial charge in [0.15, 0.2) is 0 Å². The molecule has 13 heavy (non-hydrogen) atoms. The summed E-state index contributed by atoms with van der Waals surface area (Å²) in [6.45, 7) is 11.6. The highest BCUT2D eigenvalue weighted by Gasteiger charge is 2.06. The predicted octanol–water partition coefficient (Wildman–Crippen LogP) is 3.64. The van der Waals surface area contributed by atoms with Gasteiger partial charge in [0.05, 0.1) is 0 Å². The van der Waals surface area contributed by atoms with Gasteiger partial charge in [0.2, 0.25) is 0 Å². The second kappa shape index (κ2) is 3.94. The van der Waals surface area contributed by atoms with Gasteiger partial charge in [0.1, 0.15) is 0 Å². The summed E-state index contributed by atoms with van der Waals surface area (Å²) < 4.78 is 0. The topological polar surface area (TPSA) is 15.8 Å². The minimum Gasteiger partial charge on any atom is -0.355 e. The third-order valence-corrected chi connectivity index (χ3v) is 2.11. The van der Waals surface area contributed by atoms with E-state index >= 15 is 0 Å². The van der Waals surface area contributed by atoms with E-state index in [1.165, 1.54) is 5.56 Å². The molecule has 0 saturated heterocycles. The third kappa shape index (κ3) is 1.64. The summed E-state index contributed by atoms with van der Waals surface area (Å²) in [6, 6.07) is 0. The van der Waals surface area contributed by atoms with Gasteiger partial charge in [-0.2, -0.15) is 0 Å². The number of nitrogens with one attached hydrogen (secondary N) is 1. The van der Waals surface area contributed by atoms with Crippen LogP contribution in [0.25, 0.3) is 18.2 Å². The van der Waals surface area contributed by atoms with E-state index in [9.17, 15) is 0 Å². The zero-order valence-electron chi connectivity index (χ0n) is 8.22. The van der Waals surface area contributed by atoms with Crippen LogP contribution in [-0.2, 0) is 0 Å². The number of hydrogen-bond donors (Lipinski definition) is 1. The molecule has 1 heteroatoms. The van der Waals surface area contributed by atoms with Gasteiger partial charge in [-0.25, -0.2) is 0 Å². The zero-order valence-corrected chi connectivity index (χ0v) is 8.22. The Balaban J connectivity index is 3.33. The highest BCUT2D eigenvalue weighted by molar-refractivity contribution is 5.69. The first kappa shape index (κ1) is 9.59. The van der Waals surface area contributed by atoms with E-state index in [1.807, 2.05) is 25.2 Å². The predicted molar refractivity (Wildman–Crippen MR) is 60.4 cm³/mol. The van der Waals surface area contributed by atoms with E-state index in [0.29, 0.717) is 0 Å². The highest BCUT2D eigenvalue weighted by Crippen LogP contribution is 2.21. The molecule has 0 amide bonds. The van der Waals surface area contributed by atoms with Crippen molar-refractivity contribution in [2.45, 2.75) is 13.8 Å². The first-order valence-corrected chi connectivity index (χ1v) is 4.34. The van der Waals surface area contributed by atoms with Gasteiger partial charge in [0.25, 0.3) is 0 Å². The zero-order chi connectivity index (χ0) is 9.84. The molecule has 1 rings (SSSR count). The summed E-state index contributed by atoms with van der Waals surface area (Å²) in [5.74, 6) is 0. The molecule has 0 atom stereocenters. The van der Waals surface area contributed by atoms with E-state index in [0.717, 1.165) is 17.0 Å². The Bertz CT molecular complexity index is 353. The average Bonchev–Trinajstić information content (AvgIpc) is 2.44. The van der Waals surface area contributed by atoms with Crippen LogP contribution in [0.1, 0.15) is 29.4 Å². The summed E-state index contributed by atoms with van der Waals surface area (Å²) in [7, 11) is 0. The fraction of sp³-hybridized carbons (Fsp3) is 0.167. The maximum Gasteiger partial charge on any atom is 0.0455 e. The molecule has 1 nitrogen and oxygen atoms in total. The molecule has 0 aromatic carbocycles. The van der Waals surface area contributed by atoms with Gasteiger partial charge in [-0.05, 0) is 31.6 Å². The lowest BCUT2D eigenvalue weighted by atomic mass is 10.1. The van der Waals surface area contributed by atoms with E-state index in [-0.39, 0.29) is 0 Å². The number of H-pyrrole nitrogens is 1. The van der Waals surface area contributed by atoms with Crippen molar-refractivity contribution >= 4 is 18.2 Å². The number of allylic oxidation sites excluding steroid dienone is 1. The average molecular weight is 173 g/mol. The lowest BCUT2D eigenvalue weighted by molar-refractivity contribution is 1.32. The van der Waals surface area contributed by atoms with Crippen LogP contribution in [0.2, 0.25) is 0 Å². The minimum atomic E-state index is 1.04. The molecular formula is C12H15N. The summed E-state index contributed by atoms with van der Waals surface area (Å²) in [5.41, 5.74) is 4.54. The van der Waals surface area contributed by atoms with Crippen molar-refractivity contribution in [1.29, 1.82) is 0 Å². The van der Waals surface area contributed by atoms with E-state index < -0.39 is 0 Å². The minimum absolute atomic E-state index is 1.04. The van der Waals surface area contributed by atoms with Gasteiger partial charge in [-0.1, -0.05) is 25.3 Å². The van der Waals surface area contributed by atoms with Crippen LogP contribution in [0, 0.1) is 6.92 Å². The SMILES string of the molecule is C=Cc1[nH]c(/C=C\C)c(C)c1C=C. The molecule has 0 aliphatic heterocycles. The van der Waals surface area contributed by atoms with E-state index in [4.69, 9.17) is 0 Å². The second-order valence-electron chi connectivity index (χ2n) is 2.90. The molecule has 1 aromatic rings. The molecular weight excluding hydrogens is 158 g/mol. The lowest BCUT2D eigenvalue weighted by Crippen LogP contribution is -1.75. The maximum absolute atomic E-state index is 3.78. The molecule has 0 radical (unpaired) electrons. The Hall–Kier alpha value is -1.50. The Labute approximate surface area is 79.5 Å². The van der Waals surface area contributed by atoms with Gasteiger partial charge in [-0.15, -0.1) is 0 Å². The molecule has 68 valence electrons. The smallest absolute Gasteiger partial charge is 0.0455 e. The first-order chi connectivity index (χ1) is 6.24. The van der Waals surface area contributed by atoms with Crippen molar-refractivity contribution in [1.82, 2.24) is 4.98 Å². The Morgan fingerprint density at radius 3 is 2.23 bits per heavy atom. The Morgan fingerprint density at radius 1 is 1.15 bits per heavy atom. The van der Waals surface area contributed by atoms with E-state index in [1.54, 1.807) is 0 Å². The quantitative estimate of drug-likeness (QED) is 0.718. The lowest BCUT2D eigenvalue weighted by Gasteiger charge is -1.92. The molecule has 0 fully saturated rings. The van der Waals surface area contributed by atoms with Crippen molar-refractivity contribution in [2.75, 3.05) is 0 Å². The van der Waals surface area contributed by atoms with Crippen LogP contribution in [0.5, 0.6) is 0 Å². The van der Waals surface area contributed by atoms with Crippen LogP contribution >= 0.6 is 0 Å². The van der Waals surface area contributed by atoms with Crippen molar-refractivity contribution < 1.29 is 0 Å². The van der Waals surface area contributed by atoms with Crippen molar-refractivity contribution in [3.05, 3.63) is 41.7 Å². The van der Waals surface area contributed by atoms with Crippen LogP contribution in [-0.4, -0.2) is 4.98 Å². The highest BCUT2D eigenvalue weighted by atomic mass is 14.7. The summed E-state index contributed by atoms with van der Waals surface area (Å²) in [4.78, 5) is 3.28. The number of aromatic amines is 1. The second-order valence-corrected chi connectivity index (χ2v) is 2.90. The van der Waals surface area contributed by atoms with Gasteiger partial charge < -0.3 is 4.98 Å². The van der Waals surface area contributed by atoms with Crippen LogP contribution < -0.4 is 0 Å². The molecule has 0 spiro atoms. The Morgan fingerprint density at radius 2 is 1.85 bits per heavy atom. The number of hydrogen-bond acceptors (Lipinski definition) is 0. The normalized spacial score (nSPS) is 10.6. The molecule has 0 saturated carbocycles. The summed E-state index contributed by atoms with van der Waals surface area (Å²) >= 11 is 0. The maximum atomic E-state index is 3.78. The molecule has 1 N–H and O–H groups in total. The van der Waals surface area contributed by atoms with E-state index in [2.05, 4.69) is 31.1 Å². The molecule has 1 heterocycles. The van der Waals surface area contributed by atoms with Gasteiger partial charge >= 0.3 is 0 Å². The van der Waals surface area contributed by atoms with Gasteiger partial charge in [0, 0.05) is 17.0 Å². The third-order valence-electron chi connectivity index (χ3n) is 2.11. The Kier molecular flexibility index (Phi) is 2.91. The largest absolute Gasteiger partial charge is 0.355 e. The molecule has 0 bridgehead atoms. The fourth-order valence-corrected chi connectivity index (χ4v) is 1.41. The number of rotatable bonds is 3. The van der Waals surface area contributed by atoms with Crippen molar-refractivity contribution in [3.8, 4) is 0 Å². The standard InChI is InChI=1S/C12H15N/c1-5-8-12-9(4)10(6-2)11(7-3)13-12/h5-8,13H,2-3H2,1,4H3/b8-5-. The molecule has 0 aliphatic rings. The first-order valence-electron chi connectivity index (χ1n) is 4.34. The van der Waals surface area contributed by atoms with Crippen molar-refractivity contribution in [3.63, 3.8) is 0 Å². The fourth-order valence-electron chi connectivity index (χ4n) is 1.41. The molecule has 0 aliphatic carbocycles. The van der Waals surface area contributed by atoms with Gasteiger partial charge in [-0.3, -0.25) is 0 Å². The van der Waals surface area contributed by atoms with Crippen LogP contribution in [0.4, 0.5) is 0 Å². The summed E-state index contributed by atoms with van der Waals surface area (Å²) in [6.07, 6.45) is 7.74. The number of aromatic nitrogens is 1. The van der Waals surface area contributed by atoms with Crippen LogP contribution in [0.15, 0.2) is 19.2 Å². The summed E-state index contributed by atoms with van der Waals surface area (Å²) in [5, 5.41) is 0. The van der Waals surface area contributed by atoms with Crippen LogP contribution in [0.3, 0.4) is 0 Å². The molecule has 1 aromatic heterocycles. The monoisotopic (exact) mass is 173 g/mol.